The van der Waals surface area contributed by atoms with Gasteiger partial charge < -0.3 is 5.32 Å². The molecule has 0 unspecified atom stereocenters. The SMILES string of the molecule is CNC(=O)[C@H]1C=CCC1. The smallest absolute Gasteiger partial charge is 0.226 e. The molecular weight excluding hydrogens is 114 g/mol. The van der Waals surface area contributed by atoms with Crippen molar-refractivity contribution < 1.29 is 4.79 Å². The molecule has 1 aliphatic carbocycles. The van der Waals surface area contributed by atoms with Crippen molar-refractivity contribution in [2.75, 3.05) is 7.05 Å². The van der Waals surface area contributed by atoms with E-state index in [-0.39, 0.29) is 11.8 Å². The van der Waals surface area contributed by atoms with Crippen molar-refractivity contribution in [3.63, 3.8) is 0 Å². The van der Waals surface area contributed by atoms with Crippen molar-refractivity contribution in [1.29, 1.82) is 0 Å². The van der Waals surface area contributed by atoms with Crippen molar-refractivity contribution in [1.82, 2.24) is 5.32 Å². The van der Waals surface area contributed by atoms with Crippen LogP contribution in [0, 0.1) is 5.92 Å². The third-order valence-corrected chi connectivity index (χ3v) is 1.60. The van der Waals surface area contributed by atoms with E-state index in [0.29, 0.717) is 0 Å². The number of hydrogen-bond acceptors (Lipinski definition) is 1. The van der Waals surface area contributed by atoms with E-state index in [0.717, 1.165) is 12.8 Å². The Bertz CT molecular complexity index is 140. The van der Waals surface area contributed by atoms with Gasteiger partial charge in [0.15, 0.2) is 0 Å². The second-order valence-corrected chi connectivity index (χ2v) is 2.23. The van der Waals surface area contributed by atoms with E-state index in [2.05, 4.69) is 11.4 Å². The summed E-state index contributed by atoms with van der Waals surface area (Å²) in [4.78, 5) is 10.9. The molecule has 1 atom stereocenters. The van der Waals surface area contributed by atoms with Gasteiger partial charge in [0.25, 0.3) is 0 Å². The molecule has 0 fully saturated rings. The molecule has 1 amide bonds. The van der Waals surface area contributed by atoms with Crippen LogP contribution in [0.25, 0.3) is 0 Å². The molecule has 0 radical (unpaired) electrons. The molecule has 1 N–H and O–H groups in total. The highest BCUT2D eigenvalue weighted by molar-refractivity contribution is 5.80. The van der Waals surface area contributed by atoms with Crippen LogP contribution in [-0.4, -0.2) is 13.0 Å². The van der Waals surface area contributed by atoms with E-state index in [1.807, 2.05) is 6.08 Å². The first kappa shape index (κ1) is 6.33. The molecule has 0 aromatic heterocycles. The summed E-state index contributed by atoms with van der Waals surface area (Å²) >= 11 is 0. The average molecular weight is 125 g/mol. The Balaban J connectivity index is 2.43. The molecule has 1 aliphatic rings. The summed E-state index contributed by atoms with van der Waals surface area (Å²) in [7, 11) is 1.68. The molecule has 9 heavy (non-hydrogen) atoms. The van der Waals surface area contributed by atoms with Crippen LogP contribution in [-0.2, 0) is 4.79 Å². The first-order valence-electron chi connectivity index (χ1n) is 3.23. The Morgan fingerprint density at radius 3 is 3.00 bits per heavy atom. The van der Waals surface area contributed by atoms with Gasteiger partial charge in [-0.15, -0.1) is 0 Å². The summed E-state index contributed by atoms with van der Waals surface area (Å²) in [5.74, 6) is 0.291. The number of amides is 1. The summed E-state index contributed by atoms with van der Waals surface area (Å²) in [5, 5.41) is 2.62. The Morgan fingerprint density at radius 2 is 2.56 bits per heavy atom. The molecule has 0 heterocycles. The van der Waals surface area contributed by atoms with Gasteiger partial charge >= 0.3 is 0 Å². The number of rotatable bonds is 1. The van der Waals surface area contributed by atoms with Crippen LogP contribution in [0.4, 0.5) is 0 Å². The molecule has 2 heteroatoms. The maximum atomic E-state index is 10.9. The largest absolute Gasteiger partial charge is 0.359 e. The van der Waals surface area contributed by atoms with Gasteiger partial charge in [-0.3, -0.25) is 4.79 Å². The summed E-state index contributed by atoms with van der Waals surface area (Å²) in [5.41, 5.74) is 0. The number of carbonyl (C=O) groups excluding carboxylic acids is 1. The quantitative estimate of drug-likeness (QED) is 0.513. The summed E-state index contributed by atoms with van der Waals surface area (Å²) in [6.45, 7) is 0. The first-order valence-corrected chi connectivity index (χ1v) is 3.23. The number of hydrogen-bond donors (Lipinski definition) is 1. The van der Waals surface area contributed by atoms with Crippen LogP contribution in [0.3, 0.4) is 0 Å². The monoisotopic (exact) mass is 125 g/mol. The van der Waals surface area contributed by atoms with Crippen LogP contribution in [0.1, 0.15) is 12.8 Å². The molecule has 50 valence electrons. The molecule has 0 aliphatic heterocycles. The van der Waals surface area contributed by atoms with Crippen LogP contribution in [0.15, 0.2) is 12.2 Å². The highest BCUT2D eigenvalue weighted by atomic mass is 16.1. The van der Waals surface area contributed by atoms with Gasteiger partial charge in [0, 0.05) is 7.05 Å². The van der Waals surface area contributed by atoms with Crippen molar-refractivity contribution >= 4 is 5.91 Å². The standard InChI is InChI=1S/C7H11NO/c1-8-7(9)6-4-2-3-5-6/h2,4,6H,3,5H2,1H3,(H,8,9)/t6-/m0/s1. The van der Waals surface area contributed by atoms with E-state index in [1.54, 1.807) is 7.05 Å². The number of nitrogens with one attached hydrogen (secondary N) is 1. The lowest BCUT2D eigenvalue weighted by Crippen LogP contribution is -2.24. The topological polar surface area (TPSA) is 29.1 Å². The number of carbonyl (C=O) groups is 1. The van der Waals surface area contributed by atoms with E-state index in [1.165, 1.54) is 0 Å². The lowest BCUT2D eigenvalue weighted by atomic mass is 10.1. The predicted octanol–water partition coefficient (Wildman–Crippen LogP) is 0.699. The molecule has 0 aromatic carbocycles. The molecule has 0 saturated heterocycles. The third-order valence-electron chi connectivity index (χ3n) is 1.60. The van der Waals surface area contributed by atoms with Gasteiger partial charge in [0.1, 0.15) is 0 Å². The molecule has 0 bridgehead atoms. The van der Waals surface area contributed by atoms with Crippen molar-refractivity contribution in [3.8, 4) is 0 Å². The van der Waals surface area contributed by atoms with Crippen LogP contribution < -0.4 is 5.32 Å². The fourth-order valence-corrected chi connectivity index (χ4v) is 1.04. The molecule has 2 nitrogen and oxygen atoms in total. The Morgan fingerprint density at radius 1 is 1.78 bits per heavy atom. The second kappa shape index (κ2) is 2.67. The zero-order valence-corrected chi connectivity index (χ0v) is 5.55. The minimum absolute atomic E-state index is 0.142. The number of allylic oxidation sites excluding steroid dienone is 1. The molecule has 0 aromatic rings. The van der Waals surface area contributed by atoms with Crippen LogP contribution >= 0.6 is 0 Å². The van der Waals surface area contributed by atoms with Crippen molar-refractivity contribution in [2.45, 2.75) is 12.8 Å². The van der Waals surface area contributed by atoms with Gasteiger partial charge in [-0.1, -0.05) is 12.2 Å². The minimum Gasteiger partial charge on any atom is -0.359 e. The minimum atomic E-state index is 0.142. The van der Waals surface area contributed by atoms with E-state index in [4.69, 9.17) is 0 Å². The maximum Gasteiger partial charge on any atom is 0.226 e. The van der Waals surface area contributed by atoms with Gasteiger partial charge in [0.2, 0.25) is 5.91 Å². The van der Waals surface area contributed by atoms with Gasteiger partial charge in [0.05, 0.1) is 5.92 Å². The second-order valence-electron chi connectivity index (χ2n) is 2.23. The van der Waals surface area contributed by atoms with Crippen molar-refractivity contribution in [3.05, 3.63) is 12.2 Å². The van der Waals surface area contributed by atoms with Gasteiger partial charge in [-0.25, -0.2) is 0 Å². The van der Waals surface area contributed by atoms with Gasteiger partial charge in [-0.05, 0) is 12.8 Å². The predicted molar refractivity (Wildman–Crippen MR) is 35.9 cm³/mol. The lowest BCUT2D eigenvalue weighted by Gasteiger charge is -2.02. The summed E-state index contributed by atoms with van der Waals surface area (Å²) < 4.78 is 0. The Hall–Kier alpha value is -0.790. The molecule has 1 rings (SSSR count). The van der Waals surface area contributed by atoms with E-state index < -0.39 is 0 Å². The van der Waals surface area contributed by atoms with Crippen LogP contribution in [0.5, 0.6) is 0 Å². The third kappa shape index (κ3) is 1.31. The maximum absolute atomic E-state index is 10.9. The first-order chi connectivity index (χ1) is 4.34. The fraction of sp³-hybridized carbons (Fsp3) is 0.571. The lowest BCUT2D eigenvalue weighted by molar-refractivity contribution is -0.123. The highest BCUT2D eigenvalue weighted by Crippen LogP contribution is 2.15. The van der Waals surface area contributed by atoms with E-state index >= 15 is 0 Å². The zero-order chi connectivity index (χ0) is 6.69. The van der Waals surface area contributed by atoms with E-state index in [9.17, 15) is 4.79 Å². The molecule has 0 spiro atoms. The summed E-state index contributed by atoms with van der Waals surface area (Å²) in [6.07, 6.45) is 6.07. The Labute approximate surface area is 54.9 Å². The van der Waals surface area contributed by atoms with Crippen molar-refractivity contribution in [2.24, 2.45) is 5.92 Å². The van der Waals surface area contributed by atoms with Gasteiger partial charge in [-0.2, -0.15) is 0 Å². The average Bonchev–Trinajstić information content (AvgIpc) is 2.37. The highest BCUT2D eigenvalue weighted by Gasteiger charge is 2.15. The fourth-order valence-electron chi connectivity index (χ4n) is 1.04. The molecule has 0 saturated carbocycles. The molecular formula is C7H11NO. The summed E-state index contributed by atoms with van der Waals surface area (Å²) in [6, 6.07) is 0. The normalized spacial score (nSPS) is 24.3. The Kier molecular flexibility index (Phi) is 1.88. The zero-order valence-electron chi connectivity index (χ0n) is 5.55. The van der Waals surface area contributed by atoms with Crippen LogP contribution in [0.2, 0.25) is 0 Å².